The molecule has 0 saturated heterocycles. The van der Waals surface area contributed by atoms with E-state index < -0.39 is 11.8 Å². The molecule has 0 aromatic heterocycles. The Balaban J connectivity index is 1.79. The SMILES string of the molecule is Cc1ccc(OCC(=O)NNC(=S)NC(=O)c2ccccc2OCC(C)C)cc1. The van der Waals surface area contributed by atoms with Crippen molar-refractivity contribution in [2.24, 2.45) is 5.92 Å². The molecule has 2 rings (SSSR count). The van der Waals surface area contributed by atoms with E-state index in [1.807, 2.05) is 32.9 Å². The van der Waals surface area contributed by atoms with Crippen LogP contribution in [0.15, 0.2) is 48.5 Å². The van der Waals surface area contributed by atoms with Crippen LogP contribution in [0, 0.1) is 12.8 Å². The molecular weight excluding hydrogens is 390 g/mol. The highest BCUT2D eigenvalue weighted by molar-refractivity contribution is 7.80. The maximum atomic E-state index is 12.4. The molecule has 0 heterocycles. The van der Waals surface area contributed by atoms with E-state index in [0.29, 0.717) is 29.6 Å². The Bertz CT molecular complexity index is 853. The number of amides is 2. The summed E-state index contributed by atoms with van der Waals surface area (Å²) in [5.74, 6) is 0.498. The third kappa shape index (κ3) is 7.79. The van der Waals surface area contributed by atoms with E-state index in [4.69, 9.17) is 21.7 Å². The Morgan fingerprint density at radius 3 is 2.38 bits per heavy atom. The number of benzene rings is 2. The summed E-state index contributed by atoms with van der Waals surface area (Å²) in [6.07, 6.45) is 0. The van der Waals surface area contributed by atoms with E-state index in [9.17, 15) is 9.59 Å². The van der Waals surface area contributed by atoms with E-state index in [0.717, 1.165) is 5.56 Å². The van der Waals surface area contributed by atoms with Crippen molar-refractivity contribution in [2.75, 3.05) is 13.2 Å². The summed E-state index contributed by atoms with van der Waals surface area (Å²) in [6, 6.07) is 14.2. The van der Waals surface area contributed by atoms with Crippen molar-refractivity contribution in [1.29, 1.82) is 0 Å². The summed E-state index contributed by atoms with van der Waals surface area (Å²) in [7, 11) is 0. The average Bonchev–Trinajstić information content (AvgIpc) is 2.70. The maximum absolute atomic E-state index is 12.4. The number of rotatable bonds is 7. The minimum absolute atomic E-state index is 0.0441. The van der Waals surface area contributed by atoms with Crippen LogP contribution in [0.25, 0.3) is 0 Å². The highest BCUT2D eigenvalue weighted by atomic mass is 32.1. The van der Waals surface area contributed by atoms with Crippen LogP contribution in [0.2, 0.25) is 0 Å². The Morgan fingerprint density at radius 1 is 1.00 bits per heavy atom. The number of aryl methyl sites for hydroxylation is 1. The van der Waals surface area contributed by atoms with Gasteiger partial charge in [-0.05, 0) is 49.3 Å². The van der Waals surface area contributed by atoms with E-state index in [2.05, 4.69) is 16.2 Å². The predicted molar refractivity (Wildman–Crippen MR) is 115 cm³/mol. The van der Waals surface area contributed by atoms with E-state index >= 15 is 0 Å². The lowest BCUT2D eigenvalue weighted by Gasteiger charge is -2.14. The standard InChI is InChI=1S/C21H25N3O4S/c1-14(2)12-28-18-7-5-4-6-17(18)20(26)22-21(29)24-23-19(25)13-27-16-10-8-15(3)9-11-16/h4-11,14H,12-13H2,1-3H3,(H,23,25)(H2,22,24,26,29). The third-order valence-electron chi connectivity index (χ3n) is 3.64. The van der Waals surface area contributed by atoms with Gasteiger partial charge in [-0.3, -0.25) is 25.8 Å². The van der Waals surface area contributed by atoms with Gasteiger partial charge in [0, 0.05) is 0 Å². The minimum Gasteiger partial charge on any atom is -0.492 e. The van der Waals surface area contributed by atoms with Crippen LogP contribution >= 0.6 is 12.2 Å². The van der Waals surface area contributed by atoms with Gasteiger partial charge in [0.1, 0.15) is 11.5 Å². The molecule has 0 unspecified atom stereocenters. The summed E-state index contributed by atoms with van der Waals surface area (Å²) >= 11 is 5.05. The average molecular weight is 416 g/mol. The molecule has 0 bridgehead atoms. The zero-order valence-corrected chi connectivity index (χ0v) is 17.5. The third-order valence-corrected chi connectivity index (χ3v) is 3.84. The molecule has 2 aromatic rings. The normalized spacial score (nSPS) is 10.2. The molecule has 154 valence electrons. The molecule has 2 aromatic carbocycles. The quantitative estimate of drug-likeness (QED) is 0.476. The molecule has 0 aliphatic carbocycles. The number of thiocarbonyl (C=S) groups is 1. The van der Waals surface area contributed by atoms with Crippen molar-refractivity contribution in [1.82, 2.24) is 16.2 Å². The molecule has 3 N–H and O–H groups in total. The van der Waals surface area contributed by atoms with Gasteiger partial charge in [0.25, 0.3) is 11.8 Å². The van der Waals surface area contributed by atoms with Crippen LogP contribution < -0.4 is 25.6 Å². The van der Waals surface area contributed by atoms with Crippen LogP contribution in [-0.2, 0) is 4.79 Å². The molecule has 2 amide bonds. The van der Waals surface area contributed by atoms with Crippen LogP contribution in [0.4, 0.5) is 0 Å². The Labute approximate surface area is 175 Å². The van der Waals surface area contributed by atoms with Crippen LogP contribution in [0.5, 0.6) is 11.5 Å². The number of nitrogens with one attached hydrogen (secondary N) is 3. The van der Waals surface area contributed by atoms with Gasteiger partial charge in [-0.15, -0.1) is 0 Å². The van der Waals surface area contributed by atoms with Gasteiger partial charge in [-0.2, -0.15) is 0 Å². The molecule has 0 atom stereocenters. The van der Waals surface area contributed by atoms with E-state index in [1.165, 1.54) is 0 Å². The monoisotopic (exact) mass is 415 g/mol. The number of hydrogen-bond donors (Lipinski definition) is 3. The first-order valence-electron chi connectivity index (χ1n) is 9.16. The molecule has 7 nitrogen and oxygen atoms in total. The van der Waals surface area contributed by atoms with Gasteiger partial charge in [0.15, 0.2) is 11.7 Å². The Morgan fingerprint density at radius 2 is 1.69 bits per heavy atom. The van der Waals surface area contributed by atoms with Crippen LogP contribution in [-0.4, -0.2) is 30.1 Å². The summed E-state index contributed by atoms with van der Waals surface area (Å²) in [5, 5.41) is 2.46. The summed E-state index contributed by atoms with van der Waals surface area (Å²) in [6.45, 7) is 6.30. The smallest absolute Gasteiger partial charge is 0.276 e. The lowest BCUT2D eigenvalue weighted by atomic mass is 10.2. The topological polar surface area (TPSA) is 88.7 Å². The summed E-state index contributed by atoms with van der Waals surface area (Å²) in [5.41, 5.74) is 6.30. The molecule has 0 saturated carbocycles. The van der Waals surface area contributed by atoms with Gasteiger partial charge in [-0.25, -0.2) is 0 Å². The molecule has 29 heavy (non-hydrogen) atoms. The fourth-order valence-corrected chi connectivity index (χ4v) is 2.33. The summed E-state index contributed by atoms with van der Waals surface area (Å²) in [4.78, 5) is 24.3. The maximum Gasteiger partial charge on any atom is 0.276 e. The molecule has 0 radical (unpaired) electrons. The number of hydrogen-bond acceptors (Lipinski definition) is 5. The first kappa shape index (κ1) is 22.2. The van der Waals surface area contributed by atoms with E-state index in [-0.39, 0.29) is 11.7 Å². The number of ether oxygens (including phenoxy) is 2. The Kier molecular flexibility index (Phi) is 8.42. The van der Waals surface area contributed by atoms with Gasteiger partial charge >= 0.3 is 0 Å². The van der Waals surface area contributed by atoms with E-state index in [1.54, 1.807) is 36.4 Å². The second-order valence-corrected chi connectivity index (χ2v) is 7.17. The van der Waals surface area contributed by atoms with Gasteiger partial charge in [-0.1, -0.05) is 43.7 Å². The second kappa shape index (κ2) is 11.0. The first-order chi connectivity index (χ1) is 13.8. The van der Waals surface area contributed by atoms with Gasteiger partial charge in [0.05, 0.1) is 12.2 Å². The fourth-order valence-electron chi connectivity index (χ4n) is 2.18. The van der Waals surface area contributed by atoms with Crippen LogP contribution in [0.3, 0.4) is 0 Å². The summed E-state index contributed by atoms with van der Waals surface area (Å²) < 4.78 is 11.0. The van der Waals surface area contributed by atoms with Crippen LogP contribution in [0.1, 0.15) is 29.8 Å². The molecule has 0 fully saturated rings. The number of para-hydroxylation sites is 1. The minimum atomic E-state index is -0.442. The lowest BCUT2D eigenvalue weighted by molar-refractivity contribution is -0.123. The lowest BCUT2D eigenvalue weighted by Crippen LogP contribution is -2.49. The van der Waals surface area contributed by atoms with Crippen molar-refractivity contribution in [3.8, 4) is 11.5 Å². The molecule has 0 spiro atoms. The van der Waals surface area contributed by atoms with Crippen molar-refractivity contribution < 1.29 is 19.1 Å². The van der Waals surface area contributed by atoms with Crippen molar-refractivity contribution >= 4 is 29.1 Å². The molecular formula is C21H25N3O4S. The van der Waals surface area contributed by atoms with Gasteiger partial charge < -0.3 is 9.47 Å². The number of hydrazine groups is 1. The van der Waals surface area contributed by atoms with Crippen molar-refractivity contribution in [3.05, 3.63) is 59.7 Å². The molecule has 0 aliphatic heterocycles. The zero-order chi connectivity index (χ0) is 21.2. The predicted octanol–water partition coefficient (Wildman–Crippen LogP) is 2.74. The molecule has 8 heteroatoms. The second-order valence-electron chi connectivity index (χ2n) is 6.76. The zero-order valence-electron chi connectivity index (χ0n) is 16.7. The number of carbonyl (C=O) groups excluding carboxylic acids is 2. The number of carbonyl (C=O) groups is 2. The molecule has 0 aliphatic rings. The fraction of sp³-hybridized carbons (Fsp3) is 0.286. The Hall–Kier alpha value is -3.13. The first-order valence-corrected chi connectivity index (χ1v) is 9.57. The highest BCUT2D eigenvalue weighted by Crippen LogP contribution is 2.18. The van der Waals surface area contributed by atoms with Crippen molar-refractivity contribution in [3.63, 3.8) is 0 Å². The van der Waals surface area contributed by atoms with Crippen molar-refractivity contribution in [2.45, 2.75) is 20.8 Å². The van der Waals surface area contributed by atoms with Gasteiger partial charge in [0.2, 0.25) is 0 Å². The largest absolute Gasteiger partial charge is 0.492 e. The highest BCUT2D eigenvalue weighted by Gasteiger charge is 2.14.